The molecule has 5 rings (SSSR count). The number of Topliss-reactive ketones (excluding diaryl/α,β-unsaturated/α-hetero) is 1. The molecule has 10 nitrogen and oxygen atoms in total. The van der Waals surface area contributed by atoms with Crippen molar-refractivity contribution in [3.63, 3.8) is 0 Å². The van der Waals surface area contributed by atoms with Gasteiger partial charge in [0.15, 0.2) is 11.5 Å². The number of nitrogens with zero attached hydrogens (tertiary/aromatic N) is 5. The topological polar surface area (TPSA) is 119 Å². The molecule has 0 bridgehead atoms. The predicted molar refractivity (Wildman–Crippen MR) is 157 cm³/mol. The van der Waals surface area contributed by atoms with Crippen molar-refractivity contribution in [2.24, 2.45) is 0 Å². The quantitative estimate of drug-likeness (QED) is 0.316. The smallest absolute Gasteiger partial charge is 0.281 e. The Bertz CT molecular complexity index is 1600. The molecule has 0 radical (unpaired) electrons. The molecule has 11 heteroatoms. The first-order valence-electron chi connectivity index (χ1n) is 14.0. The Morgan fingerprint density at radius 1 is 1.14 bits per heavy atom. The van der Waals surface area contributed by atoms with Crippen LogP contribution in [0.25, 0.3) is 0 Å². The molecule has 1 fully saturated rings. The summed E-state index contributed by atoms with van der Waals surface area (Å²) in [6.07, 6.45) is 4.91. The lowest BCUT2D eigenvalue weighted by Gasteiger charge is -2.31. The van der Waals surface area contributed by atoms with E-state index in [2.05, 4.69) is 41.4 Å². The number of benzene rings is 2. The second kappa shape index (κ2) is 12.6. The number of aromatic nitrogens is 4. The Morgan fingerprint density at radius 3 is 2.58 bits per heavy atom. The summed E-state index contributed by atoms with van der Waals surface area (Å²) in [5, 5.41) is 11.0. The molecule has 1 N–H and O–H groups in total. The molecule has 3 heterocycles. The van der Waals surface area contributed by atoms with Gasteiger partial charge in [0.2, 0.25) is 5.91 Å². The van der Waals surface area contributed by atoms with Crippen LogP contribution in [0.2, 0.25) is 0 Å². The molecule has 43 heavy (non-hydrogen) atoms. The van der Waals surface area contributed by atoms with E-state index in [-0.39, 0.29) is 42.5 Å². The molecule has 1 aliphatic rings. The molecule has 2 aromatic carbocycles. The van der Waals surface area contributed by atoms with E-state index >= 15 is 0 Å². The van der Waals surface area contributed by atoms with Crippen molar-refractivity contribution in [2.75, 3.05) is 24.7 Å². The van der Waals surface area contributed by atoms with Gasteiger partial charge in [-0.25, -0.2) is 9.07 Å². The molecule has 0 aliphatic carbocycles. The highest BCUT2D eigenvalue weighted by Gasteiger charge is 2.36. The van der Waals surface area contributed by atoms with Crippen LogP contribution < -0.4 is 10.2 Å². The summed E-state index contributed by atoms with van der Waals surface area (Å²) in [6.45, 7) is 6.58. The highest BCUT2D eigenvalue weighted by molar-refractivity contribution is 6.09. The Labute approximate surface area is 248 Å². The van der Waals surface area contributed by atoms with Crippen molar-refractivity contribution >= 4 is 23.3 Å². The monoisotopic (exact) mass is 584 g/mol. The van der Waals surface area contributed by atoms with Crippen LogP contribution in [0.3, 0.4) is 0 Å². The van der Waals surface area contributed by atoms with Crippen LogP contribution in [0.5, 0.6) is 0 Å². The van der Waals surface area contributed by atoms with E-state index in [1.807, 2.05) is 12.1 Å². The highest BCUT2D eigenvalue weighted by Crippen LogP contribution is 2.32. The minimum Gasteiger partial charge on any atom is -0.371 e. The number of halogens is 1. The third-order valence-electron chi connectivity index (χ3n) is 7.28. The van der Waals surface area contributed by atoms with Crippen molar-refractivity contribution in [1.29, 1.82) is 0 Å². The second-order valence-corrected chi connectivity index (χ2v) is 11.4. The standard InChI is InChI=1S/C32H33FN6O4/c1-32(2,3)23-9-11-25(12-10-23)39(31(42)26-18-38(37-36-26)27-19-43-20-28(27)40)29(22-7-5-14-34-17-22)30(41)35-15-13-21-6-4-8-24(33)16-21/h4-12,14,16-18,27,29H,13,15,19-20H2,1-3H3,(H,35,41). The summed E-state index contributed by atoms with van der Waals surface area (Å²) < 4.78 is 20.3. The number of anilines is 1. The molecule has 2 unspecified atom stereocenters. The van der Waals surface area contributed by atoms with E-state index in [0.717, 1.165) is 11.1 Å². The average Bonchev–Trinajstić information content (AvgIpc) is 3.65. The molecule has 222 valence electrons. The number of hydrogen-bond donors (Lipinski definition) is 1. The van der Waals surface area contributed by atoms with Crippen molar-refractivity contribution in [1.82, 2.24) is 25.3 Å². The van der Waals surface area contributed by atoms with E-state index in [1.54, 1.807) is 42.6 Å². The van der Waals surface area contributed by atoms with Crippen LogP contribution in [-0.2, 0) is 26.2 Å². The lowest BCUT2D eigenvalue weighted by atomic mass is 9.87. The summed E-state index contributed by atoms with van der Waals surface area (Å²) in [4.78, 5) is 46.0. The van der Waals surface area contributed by atoms with Crippen LogP contribution in [0, 0.1) is 5.82 Å². The molecule has 2 amide bonds. The number of pyridine rings is 1. The van der Waals surface area contributed by atoms with Crippen molar-refractivity contribution in [2.45, 2.75) is 44.7 Å². The lowest BCUT2D eigenvalue weighted by Crippen LogP contribution is -2.44. The second-order valence-electron chi connectivity index (χ2n) is 11.4. The highest BCUT2D eigenvalue weighted by atomic mass is 19.1. The lowest BCUT2D eigenvalue weighted by molar-refractivity contribution is -0.122. The first-order chi connectivity index (χ1) is 20.6. The number of ether oxygens (including phenoxy) is 1. The average molecular weight is 585 g/mol. The summed E-state index contributed by atoms with van der Waals surface area (Å²) in [5.74, 6) is -1.56. The first kappa shape index (κ1) is 29.7. The third-order valence-corrected chi connectivity index (χ3v) is 7.28. The van der Waals surface area contributed by atoms with Crippen LogP contribution in [0.1, 0.15) is 60.0 Å². The Kier molecular flexibility index (Phi) is 8.72. The van der Waals surface area contributed by atoms with E-state index in [1.165, 1.54) is 34.1 Å². The molecule has 1 saturated heterocycles. The van der Waals surface area contributed by atoms with Gasteiger partial charge < -0.3 is 10.1 Å². The van der Waals surface area contributed by atoms with Crippen LogP contribution >= 0.6 is 0 Å². The van der Waals surface area contributed by atoms with Gasteiger partial charge in [0, 0.05) is 30.2 Å². The summed E-state index contributed by atoms with van der Waals surface area (Å²) in [6, 6.07) is 15.2. The zero-order valence-electron chi connectivity index (χ0n) is 24.2. The summed E-state index contributed by atoms with van der Waals surface area (Å²) in [5.41, 5.74) is 2.54. The molecule has 1 aliphatic heterocycles. The fraction of sp³-hybridized carbons (Fsp3) is 0.312. The van der Waals surface area contributed by atoms with E-state index < -0.39 is 23.9 Å². The van der Waals surface area contributed by atoms with Gasteiger partial charge in [0.05, 0.1) is 12.8 Å². The normalized spacial score (nSPS) is 15.7. The number of hydrogen-bond acceptors (Lipinski definition) is 7. The van der Waals surface area contributed by atoms with Gasteiger partial charge in [-0.3, -0.25) is 24.3 Å². The third kappa shape index (κ3) is 6.83. The Morgan fingerprint density at radius 2 is 1.93 bits per heavy atom. The van der Waals surface area contributed by atoms with Gasteiger partial charge in [-0.2, -0.15) is 0 Å². The largest absolute Gasteiger partial charge is 0.371 e. The fourth-order valence-electron chi connectivity index (χ4n) is 4.91. The van der Waals surface area contributed by atoms with E-state index in [9.17, 15) is 18.8 Å². The summed E-state index contributed by atoms with van der Waals surface area (Å²) >= 11 is 0. The molecule has 2 aromatic heterocycles. The molecule has 0 spiro atoms. The number of carbonyl (C=O) groups excluding carboxylic acids is 3. The van der Waals surface area contributed by atoms with Gasteiger partial charge in [-0.05, 0) is 53.3 Å². The van der Waals surface area contributed by atoms with Crippen molar-refractivity contribution in [3.05, 3.63) is 107 Å². The molecular weight excluding hydrogens is 551 g/mol. The van der Waals surface area contributed by atoms with Crippen LogP contribution in [0.15, 0.2) is 79.3 Å². The number of carbonyl (C=O) groups is 3. The van der Waals surface area contributed by atoms with Gasteiger partial charge in [0.25, 0.3) is 5.91 Å². The van der Waals surface area contributed by atoms with E-state index in [0.29, 0.717) is 17.7 Å². The van der Waals surface area contributed by atoms with Gasteiger partial charge in [-0.1, -0.05) is 56.3 Å². The Balaban J connectivity index is 1.51. The first-order valence-corrected chi connectivity index (χ1v) is 14.0. The number of nitrogens with one attached hydrogen (secondary N) is 1. The van der Waals surface area contributed by atoms with Gasteiger partial charge in [-0.15, -0.1) is 5.10 Å². The minimum absolute atomic E-state index is 0.0288. The van der Waals surface area contributed by atoms with Crippen LogP contribution in [0.4, 0.5) is 10.1 Å². The Hall–Kier alpha value is -4.77. The predicted octanol–water partition coefficient (Wildman–Crippen LogP) is 4.00. The van der Waals surface area contributed by atoms with E-state index in [4.69, 9.17) is 4.74 Å². The number of ketones is 1. The molecule has 2 atom stereocenters. The summed E-state index contributed by atoms with van der Waals surface area (Å²) in [7, 11) is 0. The molecule has 4 aromatic rings. The fourth-order valence-corrected chi connectivity index (χ4v) is 4.91. The maximum absolute atomic E-state index is 14.2. The maximum Gasteiger partial charge on any atom is 0.281 e. The maximum atomic E-state index is 14.2. The zero-order chi connectivity index (χ0) is 30.6. The zero-order valence-corrected chi connectivity index (χ0v) is 24.2. The van der Waals surface area contributed by atoms with Crippen LogP contribution in [-0.4, -0.2) is 57.3 Å². The number of rotatable bonds is 9. The van der Waals surface area contributed by atoms with Gasteiger partial charge in [0.1, 0.15) is 24.5 Å². The number of amides is 2. The SMILES string of the molecule is CC(C)(C)c1ccc(N(C(=O)c2cn(C3COCC3=O)nn2)C(C(=O)NCCc2cccc(F)c2)c2cccnc2)cc1. The molecule has 0 saturated carbocycles. The van der Waals surface area contributed by atoms with Gasteiger partial charge >= 0.3 is 0 Å². The molecular formula is C32H33FN6O4. The van der Waals surface area contributed by atoms with Crippen molar-refractivity contribution < 1.29 is 23.5 Å². The van der Waals surface area contributed by atoms with Crippen molar-refractivity contribution in [3.8, 4) is 0 Å². The minimum atomic E-state index is -1.13.